The monoisotopic (exact) mass is 282 g/mol. The van der Waals surface area contributed by atoms with Crippen LogP contribution in [0, 0.1) is 11.7 Å². The molecule has 1 aliphatic heterocycles. The number of carbonyl (C=O) groups is 1. The molecule has 0 aliphatic carbocycles. The molecule has 3 nitrogen and oxygen atoms in total. The van der Waals surface area contributed by atoms with Gasteiger partial charge in [0.05, 0.1) is 5.75 Å². The van der Waals surface area contributed by atoms with Gasteiger partial charge >= 0.3 is 0 Å². The fourth-order valence-corrected chi connectivity index (χ4v) is 3.20. The summed E-state index contributed by atoms with van der Waals surface area (Å²) >= 11 is 1.45. The predicted molar refractivity (Wildman–Crippen MR) is 75.5 cm³/mol. The van der Waals surface area contributed by atoms with Crippen molar-refractivity contribution < 1.29 is 9.18 Å². The van der Waals surface area contributed by atoms with E-state index in [0.717, 1.165) is 17.9 Å². The Hall–Kier alpha value is -1.07. The quantitative estimate of drug-likeness (QED) is 0.860. The SMILES string of the molecule is CC1CC(CN)CN1C(=O)CSc1ccc(F)cc1. The molecule has 1 fully saturated rings. The third-order valence-electron chi connectivity index (χ3n) is 3.49. The van der Waals surface area contributed by atoms with E-state index < -0.39 is 0 Å². The number of nitrogens with zero attached hydrogens (tertiary/aromatic N) is 1. The Kier molecular flexibility index (Phi) is 4.82. The van der Waals surface area contributed by atoms with E-state index in [4.69, 9.17) is 5.73 Å². The van der Waals surface area contributed by atoms with Gasteiger partial charge in [-0.2, -0.15) is 0 Å². The first-order chi connectivity index (χ1) is 9.10. The molecule has 1 heterocycles. The van der Waals surface area contributed by atoms with Crippen molar-refractivity contribution in [1.29, 1.82) is 0 Å². The molecule has 19 heavy (non-hydrogen) atoms. The molecule has 0 aromatic heterocycles. The lowest BCUT2D eigenvalue weighted by Gasteiger charge is -2.21. The van der Waals surface area contributed by atoms with Gasteiger partial charge in [0, 0.05) is 17.5 Å². The Morgan fingerprint density at radius 1 is 1.47 bits per heavy atom. The number of hydrogen-bond donors (Lipinski definition) is 1. The normalized spacial score (nSPS) is 22.8. The molecule has 2 N–H and O–H groups in total. The van der Waals surface area contributed by atoms with Crippen molar-refractivity contribution in [3.8, 4) is 0 Å². The molecular weight excluding hydrogens is 263 g/mol. The minimum Gasteiger partial charge on any atom is -0.339 e. The largest absolute Gasteiger partial charge is 0.339 e. The van der Waals surface area contributed by atoms with Crippen molar-refractivity contribution in [3.63, 3.8) is 0 Å². The van der Waals surface area contributed by atoms with Gasteiger partial charge in [0.2, 0.25) is 5.91 Å². The molecule has 1 aromatic rings. The van der Waals surface area contributed by atoms with Crippen molar-refractivity contribution in [2.45, 2.75) is 24.3 Å². The van der Waals surface area contributed by atoms with Crippen LogP contribution in [0.2, 0.25) is 0 Å². The minimum atomic E-state index is -0.255. The fourth-order valence-electron chi connectivity index (χ4n) is 2.42. The summed E-state index contributed by atoms with van der Waals surface area (Å²) in [6.45, 7) is 3.47. The Morgan fingerprint density at radius 2 is 2.16 bits per heavy atom. The Balaban J connectivity index is 1.86. The molecule has 1 aliphatic rings. The van der Waals surface area contributed by atoms with Crippen LogP contribution in [0.4, 0.5) is 4.39 Å². The summed E-state index contributed by atoms with van der Waals surface area (Å²) in [5.74, 6) is 0.704. The molecule has 0 spiro atoms. The second-order valence-corrected chi connectivity index (χ2v) is 6.02. The standard InChI is InChI=1S/C14H19FN2OS/c1-10-6-11(7-16)8-17(10)14(18)9-19-13-4-2-12(15)3-5-13/h2-5,10-11H,6-9,16H2,1H3. The van der Waals surface area contributed by atoms with Gasteiger partial charge in [-0.1, -0.05) is 0 Å². The van der Waals surface area contributed by atoms with Gasteiger partial charge in [0.15, 0.2) is 0 Å². The average molecular weight is 282 g/mol. The number of amides is 1. The first kappa shape index (κ1) is 14.3. The highest BCUT2D eigenvalue weighted by Gasteiger charge is 2.31. The van der Waals surface area contributed by atoms with Gasteiger partial charge in [-0.15, -0.1) is 11.8 Å². The van der Waals surface area contributed by atoms with Crippen LogP contribution in [-0.2, 0) is 4.79 Å². The van der Waals surface area contributed by atoms with Gasteiger partial charge in [-0.3, -0.25) is 4.79 Å². The molecule has 1 aromatic carbocycles. The van der Waals surface area contributed by atoms with Crippen LogP contribution < -0.4 is 5.73 Å². The lowest BCUT2D eigenvalue weighted by Crippen LogP contribution is -2.35. The fraction of sp³-hybridized carbons (Fsp3) is 0.500. The molecule has 0 radical (unpaired) electrons. The van der Waals surface area contributed by atoms with Gasteiger partial charge in [0.1, 0.15) is 5.82 Å². The van der Waals surface area contributed by atoms with Gasteiger partial charge in [-0.25, -0.2) is 4.39 Å². The number of carbonyl (C=O) groups excluding carboxylic acids is 1. The highest BCUT2D eigenvalue weighted by Crippen LogP contribution is 2.25. The van der Waals surface area contributed by atoms with Gasteiger partial charge < -0.3 is 10.6 Å². The van der Waals surface area contributed by atoms with E-state index in [-0.39, 0.29) is 17.8 Å². The molecule has 2 unspecified atom stereocenters. The van der Waals surface area contributed by atoms with Crippen LogP contribution in [0.5, 0.6) is 0 Å². The molecule has 1 saturated heterocycles. The third-order valence-corrected chi connectivity index (χ3v) is 4.49. The Morgan fingerprint density at radius 3 is 2.74 bits per heavy atom. The Labute approximate surface area is 117 Å². The van der Waals surface area contributed by atoms with Crippen LogP contribution in [0.15, 0.2) is 29.2 Å². The molecule has 0 bridgehead atoms. The highest BCUT2D eigenvalue weighted by molar-refractivity contribution is 8.00. The van der Waals surface area contributed by atoms with Crippen molar-refractivity contribution in [1.82, 2.24) is 4.90 Å². The number of halogens is 1. The second-order valence-electron chi connectivity index (χ2n) is 4.98. The second kappa shape index (κ2) is 6.39. The van der Waals surface area contributed by atoms with Gasteiger partial charge in [0.25, 0.3) is 0 Å². The van der Waals surface area contributed by atoms with Crippen LogP contribution in [-0.4, -0.2) is 35.7 Å². The van der Waals surface area contributed by atoms with E-state index in [1.54, 1.807) is 12.1 Å². The van der Waals surface area contributed by atoms with Crippen LogP contribution in [0.25, 0.3) is 0 Å². The molecule has 1 amide bonds. The summed E-state index contributed by atoms with van der Waals surface area (Å²) < 4.78 is 12.8. The first-order valence-electron chi connectivity index (χ1n) is 6.48. The molecule has 0 saturated carbocycles. The van der Waals surface area contributed by atoms with E-state index in [2.05, 4.69) is 6.92 Å². The maximum Gasteiger partial charge on any atom is 0.233 e. The molecular formula is C14H19FN2OS. The smallest absolute Gasteiger partial charge is 0.233 e. The number of thioether (sulfide) groups is 1. The Bertz CT molecular complexity index is 438. The molecule has 2 rings (SSSR count). The van der Waals surface area contributed by atoms with Crippen LogP contribution in [0.1, 0.15) is 13.3 Å². The number of likely N-dealkylation sites (tertiary alicyclic amines) is 1. The van der Waals surface area contributed by atoms with E-state index in [0.29, 0.717) is 18.2 Å². The van der Waals surface area contributed by atoms with E-state index in [9.17, 15) is 9.18 Å². The zero-order valence-electron chi connectivity index (χ0n) is 11.0. The van der Waals surface area contributed by atoms with Crippen LogP contribution >= 0.6 is 11.8 Å². The average Bonchev–Trinajstić information content (AvgIpc) is 2.79. The zero-order chi connectivity index (χ0) is 13.8. The van der Waals surface area contributed by atoms with Crippen molar-refractivity contribution in [2.75, 3.05) is 18.8 Å². The summed E-state index contributed by atoms with van der Waals surface area (Å²) in [6, 6.07) is 6.49. The lowest BCUT2D eigenvalue weighted by molar-refractivity contribution is -0.128. The molecule has 104 valence electrons. The predicted octanol–water partition coefficient (Wildman–Crippen LogP) is 2.11. The number of rotatable bonds is 4. The number of nitrogens with two attached hydrogens (primary N) is 1. The lowest BCUT2D eigenvalue weighted by atomic mass is 10.1. The van der Waals surface area contributed by atoms with Gasteiger partial charge in [-0.05, 0) is 50.1 Å². The number of hydrogen-bond acceptors (Lipinski definition) is 3. The maximum atomic E-state index is 12.8. The minimum absolute atomic E-state index is 0.137. The molecule has 5 heteroatoms. The summed E-state index contributed by atoms with van der Waals surface area (Å²) in [6.07, 6.45) is 0.990. The molecule has 2 atom stereocenters. The summed E-state index contributed by atoms with van der Waals surface area (Å²) in [4.78, 5) is 15.0. The van der Waals surface area contributed by atoms with E-state index in [1.807, 2.05) is 4.90 Å². The highest BCUT2D eigenvalue weighted by atomic mass is 32.2. The summed E-state index contributed by atoms with van der Waals surface area (Å²) in [7, 11) is 0. The first-order valence-corrected chi connectivity index (χ1v) is 7.46. The van der Waals surface area contributed by atoms with Crippen molar-refractivity contribution >= 4 is 17.7 Å². The zero-order valence-corrected chi connectivity index (χ0v) is 11.8. The van der Waals surface area contributed by atoms with Crippen molar-refractivity contribution in [3.05, 3.63) is 30.1 Å². The maximum absolute atomic E-state index is 12.8. The summed E-state index contributed by atoms with van der Waals surface area (Å²) in [5.41, 5.74) is 5.66. The van der Waals surface area contributed by atoms with E-state index >= 15 is 0 Å². The summed E-state index contributed by atoms with van der Waals surface area (Å²) in [5, 5.41) is 0. The van der Waals surface area contributed by atoms with Crippen LogP contribution in [0.3, 0.4) is 0 Å². The van der Waals surface area contributed by atoms with E-state index in [1.165, 1.54) is 23.9 Å². The number of benzene rings is 1. The topological polar surface area (TPSA) is 46.3 Å². The third kappa shape index (κ3) is 3.70. The van der Waals surface area contributed by atoms with Crippen molar-refractivity contribution in [2.24, 2.45) is 11.7 Å².